The van der Waals surface area contributed by atoms with Crippen LogP contribution in [-0.2, 0) is 10.2 Å². The third-order valence-corrected chi connectivity index (χ3v) is 8.95. The molecule has 9 nitrogen and oxygen atoms in total. The number of carbonyl (C=O) groups excluding carboxylic acids is 1. The van der Waals surface area contributed by atoms with Crippen LogP contribution in [0.4, 0.5) is 21.8 Å². The first-order chi connectivity index (χ1) is 17.8. The van der Waals surface area contributed by atoms with Gasteiger partial charge in [-0.1, -0.05) is 6.42 Å². The molecular formula is C27H29FN8O. The van der Waals surface area contributed by atoms with E-state index in [1.165, 1.54) is 6.07 Å². The lowest BCUT2D eigenvalue weighted by molar-refractivity contribution is -0.146. The molecule has 2 saturated carbocycles. The summed E-state index contributed by atoms with van der Waals surface area (Å²) in [6.07, 6.45) is 7.96. The maximum absolute atomic E-state index is 14.0. The number of nitrogens with zero attached hydrogens (tertiary/aromatic N) is 8. The number of halogens is 1. The molecule has 6 rings (SSSR count). The number of rotatable bonds is 3. The molecule has 4 heterocycles. The van der Waals surface area contributed by atoms with Crippen LogP contribution in [-0.4, -0.2) is 57.5 Å². The van der Waals surface area contributed by atoms with E-state index in [9.17, 15) is 19.7 Å². The van der Waals surface area contributed by atoms with Crippen LogP contribution in [0.5, 0.6) is 0 Å². The van der Waals surface area contributed by atoms with Crippen LogP contribution < -0.4 is 9.80 Å². The second kappa shape index (κ2) is 8.37. The van der Waals surface area contributed by atoms with Crippen LogP contribution in [0.1, 0.15) is 63.5 Å². The molecule has 4 aliphatic rings. The SMILES string of the molecule is C[C@@H]1CN(c2ncnc3c2C2(CCC2)CN3c2cc(C#N)c(F)cn2)[C@@H](C)CN1C(=O)C1(C#N)CCC1. The smallest absolute Gasteiger partial charge is 0.243 e. The van der Waals surface area contributed by atoms with Gasteiger partial charge in [0.2, 0.25) is 5.91 Å². The van der Waals surface area contributed by atoms with E-state index in [-0.39, 0.29) is 29.0 Å². The molecule has 2 aliphatic carbocycles. The van der Waals surface area contributed by atoms with Crippen LogP contribution >= 0.6 is 0 Å². The van der Waals surface area contributed by atoms with Crippen LogP contribution in [0.2, 0.25) is 0 Å². The number of amides is 1. The van der Waals surface area contributed by atoms with E-state index in [0.717, 1.165) is 49.1 Å². The first-order valence-corrected chi connectivity index (χ1v) is 13.0. The van der Waals surface area contributed by atoms with Gasteiger partial charge in [0.1, 0.15) is 35.3 Å². The fourth-order valence-electron chi connectivity index (χ4n) is 6.47. The van der Waals surface area contributed by atoms with Crippen molar-refractivity contribution in [3.8, 4) is 12.1 Å². The number of carbonyl (C=O) groups is 1. The third-order valence-electron chi connectivity index (χ3n) is 8.95. The van der Waals surface area contributed by atoms with E-state index >= 15 is 0 Å². The zero-order valence-electron chi connectivity index (χ0n) is 21.1. The van der Waals surface area contributed by atoms with Gasteiger partial charge in [-0.3, -0.25) is 4.79 Å². The molecule has 0 aromatic carbocycles. The molecule has 1 saturated heterocycles. The van der Waals surface area contributed by atoms with Gasteiger partial charge in [0, 0.05) is 48.8 Å². The first-order valence-electron chi connectivity index (χ1n) is 13.0. The summed E-state index contributed by atoms with van der Waals surface area (Å²) in [7, 11) is 0. The highest BCUT2D eigenvalue weighted by molar-refractivity contribution is 5.87. The van der Waals surface area contributed by atoms with Gasteiger partial charge in [-0.25, -0.2) is 19.3 Å². The molecule has 0 N–H and O–H groups in total. The lowest BCUT2D eigenvalue weighted by Gasteiger charge is -2.49. The Hall–Kier alpha value is -3.79. The summed E-state index contributed by atoms with van der Waals surface area (Å²) in [6.45, 7) is 5.94. The molecule has 2 aromatic rings. The molecule has 0 bridgehead atoms. The zero-order valence-corrected chi connectivity index (χ0v) is 21.1. The fourth-order valence-corrected chi connectivity index (χ4v) is 6.47. The lowest BCUT2D eigenvalue weighted by Crippen LogP contribution is -2.62. The zero-order chi connectivity index (χ0) is 25.9. The van der Waals surface area contributed by atoms with Gasteiger partial charge >= 0.3 is 0 Å². The normalized spacial score (nSPS) is 25.1. The number of nitriles is 2. The molecule has 37 heavy (non-hydrogen) atoms. The van der Waals surface area contributed by atoms with E-state index in [4.69, 9.17) is 4.98 Å². The number of hydrogen-bond acceptors (Lipinski definition) is 8. The van der Waals surface area contributed by atoms with Crippen LogP contribution in [0, 0.1) is 33.9 Å². The van der Waals surface area contributed by atoms with Crippen molar-refractivity contribution in [1.29, 1.82) is 10.5 Å². The van der Waals surface area contributed by atoms with Crippen molar-refractivity contribution in [3.63, 3.8) is 0 Å². The summed E-state index contributed by atoms with van der Waals surface area (Å²) < 4.78 is 14.0. The Kier molecular flexibility index (Phi) is 5.34. The summed E-state index contributed by atoms with van der Waals surface area (Å²) in [5, 5.41) is 19.1. The minimum absolute atomic E-state index is 0.00952. The average Bonchev–Trinajstić information content (AvgIpc) is 3.22. The van der Waals surface area contributed by atoms with E-state index in [0.29, 0.717) is 38.3 Å². The van der Waals surface area contributed by atoms with Gasteiger partial charge < -0.3 is 14.7 Å². The maximum Gasteiger partial charge on any atom is 0.243 e. The summed E-state index contributed by atoms with van der Waals surface area (Å²) in [5.74, 6) is 1.46. The standard InChI is InChI=1S/C27H29FN8O/c1-17-13-35(25(37)26(14-30)5-3-6-26)18(2)12-34(17)23-22-24(33-16-32-23)36(15-27(22)7-4-8-27)21-9-19(10-29)20(28)11-31-21/h9,11,16-18H,3-8,12-13,15H2,1-2H3/t17-,18+/m0/s1. The van der Waals surface area contributed by atoms with Crippen molar-refractivity contribution in [2.75, 3.05) is 29.4 Å². The van der Waals surface area contributed by atoms with Gasteiger partial charge in [0.15, 0.2) is 5.82 Å². The number of anilines is 3. The minimum atomic E-state index is -0.854. The molecule has 1 spiro atoms. The molecule has 0 radical (unpaired) electrons. The molecule has 0 unspecified atom stereocenters. The lowest BCUT2D eigenvalue weighted by atomic mass is 9.66. The highest BCUT2D eigenvalue weighted by Gasteiger charge is 2.53. The average molecular weight is 501 g/mol. The Balaban J connectivity index is 1.35. The van der Waals surface area contributed by atoms with E-state index in [2.05, 4.69) is 27.9 Å². The Morgan fingerprint density at radius 1 is 1.05 bits per heavy atom. The van der Waals surface area contributed by atoms with Gasteiger partial charge in [-0.15, -0.1) is 0 Å². The first kappa shape index (κ1) is 23.6. The van der Waals surface area contributed by atoms with Gasteiger partial charge in [-0.2, -0.15) is 10.5 Å². The number of aromatic nitrogens is 3. The molecule has 2 aliphatic heterocycles. The number of piperazine rings is 1. The van der Waals surface area contributed by atoms with E-state index in [1.807, 2.05) is 22.8 Å². The highest BCUT2D eigenvalue weighted by atomic mass is 19.1. The number of pyridine rings is 1. The van der Waals surface area contributed by atoms with Crippen molar-refractivity contribution in [1.82, 2.24) is 19.9 Å². The third kappa shape index (κ3) is 3.38. The van der Waals surface area contributed by atoms with Crippen molar-refractivity contribution in [2.45, 2.75) is 69.9 Å². The Morgan fingerprint density at radius 2 is 1.78 bits per heavy atom. The van der Waals surface area contributed by atoms with E-state index < -0.39 is 11.2 Å². The van der Waals surface area contributed by atoms with Gasteiger partial charge in [0.25, 0.3) is 0 Å². The van der Waals surface area contributed by atoms with Gasteiger partial charge in [0.05, 0.1) is 17.8 Å². The predicted molar refractivity (Wildman–Crippen MR) is 133 cm³/mol. The molecule has 1 amide bonds. The Labute approximate surface area is 215 Å². The van der Waals surface area contributed by atoms with Crippen LogP contribution in [0.15, 0.2) is 18.6 Å². The minimum Gasteiger partial charge on any atom is -0.350 e. The van der Waals surface area contributed by atoms with E-state index in [1.54, 1.807) is 6.33 Å². The van der Waals surface area contributed by atoms with Gasteiger partial charge in [-0.05, 0) is 46.0 Å². The summed E-state index contributed by atoms with van der Waals surface area (Å²) >= 11 is 0. The fraction of sp³-hybridized carbons (Fsp3) is 0.556. The topological polar surface area (TPSA) is 113 Å². The molecular weight excluding hydrogens is 471 g/mol. The molecule has 10 heteroatoms. The predicted octanol–water partition coefficient (Wildman–Crippen LogP) is 3.58. The number of hydrogen-bond donors (Lipinski definition) is 0. The second-order valence-corrected chi connectivity index (χ2v) is 11.1. The summed E-state index contributed by atoms with van der Waals surface area (Å²) in [5.41, 5.74) is 0.0619. The second-order valence-electron chi connectivity index (χ2n) is 11.1. The summed E-state index contributed by atoms with van der Waals surface area (Å²) in [4.78, 5) is 33.2. The molecule has 2 aromatic heterocycles. The summed E-state index contributed by atoms with van der Waals surface area (Å²) in [6, 6.07) is 5.64. The van der Waals surface area contributed by atoms with Crippen molar-refractivity contribution in [2.24, 2.45) is 5.41 Å². The van der Waals surface area contributed by atoms with Crippen LogP contribution in [0.25, 0.3) is 0 Å². The van der Waals surface area contributed by atoms with Crippen molar-refractivity contribution >= 4 is 23.4 Å². The van der Waals surface area contributed by atoms with Crippen LogP contribution in [0.3, 0.4) is 0 Å². The molecule has 2 atom stereocenters. The maximum atomic E-state index is 14.0. The number of fused-ring (bicyclic) bond motifs is 2. The highest BCUT2D eigenvalue weighted by Crippen LogP contribution is 2.56. The Bertz CT molecular complexity index is 1360. The quantitative estimate of drug-likeness (QED) is 0.629. The van der Waals surface area contributed by atoms with Crippen molar-refractivity contribution < 1.29 is 9.18 Å². The molecule has 3 fully saturated rings. The van der Waals surface area contributed by atoms with Crippen molar-refractivity contribution in [3.05, 3.63) is 35.5 Å². The Morgan fingerprint density at radius 3 is 2.41 bits per heavy atom. The molecule has 190 valence electrons. The largest absolute Gasteiger partial charge is 0.350 e. The monoisotopic (exact) mass is 500 g/mol.